The van der Waals surface area contributed by atoms with E-state index in [4.69, 9.17) is 4.42 Å². The van der Waals surface area contributed by atoms with Crippen LogP contribution in [0.25, 0.3) is 0 Å². The highest BCUT2D eigenvalue weighted by Gasteiger charge is 2.26. The molecule has 1 saturated heterocycles. The monoisotopic (exact) mass is 476 g/mol. The summed E-state index contributed by atoms with van der Waals surface area (Å²) in [7, 11) is -3.89. The number of anilines is 2. The number of rotatable bonds is 8. The second kappa shape index (κ2) is 9.96. The minimum absolute atomic E-state index is 0.0527. The zero-order valence-corrected chi connectivity index (χ0v) is 20.3. The van der Waals surface area contributed by atoms with Crippen molar-refractivity contribution in [3.63, 3.8) is 0 Å². The summed E-state index contributed by atoms with van der Waals surface area (Å²) in [6.45, 7) is 8.84. The van der Waals surface area contributed by atoms with Gasteiger partial charge in [0.1, 0.15) is 0 Å². The Balaban J connectivity index is 1.54. The number of furan rings is 1. The lowest BCUT2D eigenvalue weighted by Crippen LogP contribution is -2.40. The van der Waals surface area contributed by atoms with Crippen molar-refractivity contribution in [2.45, 2.75) is 63.6 Å². The normalized spacial score (nSPS) is 15.3. The highest BCUT2D eigenvalue weighted by Crippen LogP contribution is 2.23. The molecular weight excluding hydrogens is 444 g/mol. The molecule has 2 aromatic rings. The molecule has 1 unspecified atom stereocenters. The minimum atomic E-state index is -3.89. The van der Waals surface area contributed by atoms with Crippen LogP contribution in [0.4, 0.5) is 11.4 Å². The van der Waals surface area contributed by atoms with Gasteiger partial charge in [-0.25, -0.2) is 13.1 Å². The number of nitrogens with one attached hydrogen (secondary N) is 3. The van der Waals surface area contributed by atoms with E-state index in [1.54, 1.807) is 27.7 Å². The highest BCUT2D eigenvalue weighted by molar-refractivity contribution is 7.89. The number of nitrogens with zero attached hydrogens (tertiary/aromatic N) is 1. The Bertz CT molecular complexity index is 1100. The molecule has 0 saturated carbocycles. The van der Waals surface area contributed by atoms with Crippen molar-refractivity contribution in [2.75, 3.05) is 23.3 Å². The average Bonchev–Trinajstić information content (AvgIpc) is 3.39. The molecule has 1 aromatic carbocycles. The molecule has 1 aliphatic heterocycles. The largest absolute Gasteiger partial charge is 0.438 e. The van der Waals surface area contributed by atoms with Crippen LogP contribution in [0.5, 0.6) is 0 Å². The van der Waals surface area contributed by atoms with E-state index in [0.717, 1.165) is 18.8 Å². The van der Waals surface area contributed by atoms with Gasteiger partial charge in [-0.05, 0) is 70.9 Å². The van der Waals surface area contributed by atoms with Crippen LogP contribution < -0.4 is 20.3 Å². The van der Waals surface area contributed by atoms with Gasteiger partial charge in [-0.3, -0.25) is 9.59 Å². The third-order valence-electron chi connectivity index (χ3n) is 4.98. The summed E-state index contributed by atoms with van der Waals surface area (Å²) in [5, 5.41) is 5.19. The van der Waals surface area contributed by atoms with Gasteiger partial charge in [0.2, 0.25) is 11.0 Å². The molecule has 0 aliphatic carbocycles. The van der Waals surface area contributed by atoms with Crippen molar-refractivity contribution in [3.05, 3.63) is 42.2 Å². The van der Waals surface area contributed by atoms with Gasteiger partial charge >= 0.3 is 0 Å². The van der Waals surface area contributed by atoms with Gasteiger partial charge in [-0.15, -0.1) is 0 Å². The lowest BCUT2D eigenvalue weighted by atomic mass is 10.1. The SMILES string of the molecule is CC(CC(=O)Nc1cccc(N2CCCC2)c1)NC(=O)c1ccc(S(=O)(=O)NC(C)(C)C)o1. The number of benzene rings is 1. The predicted molar refractivity (Wildman–Crippen MR) is 127 cm³/mol. The Morgan fingerprint density at radius 2 is 1.82 bits per heavy atom. The fraction of sp³-hybridized carbons (Fsp3) is 0.478. The first-order valence-electron chi connectivity index (χ1n) is 11.0. The van der Waals surface area contributed by atoms with E-state index < -0.39 is 27.5 Å². The third-order valence-corrected chi connectivity index (χ3v) is 6.61. The van der Waals surface area contributed by atoms with E-state index in [0.29, 0.717) is 5.69 Å². The molecule has 180 valence electrons. The average molecular weight is 477 g/mol. The first kappa shape index (κ1) is 24.8. The molecule has 1 atom stereocenters. The summed E-state index contributed by atoms with van der Waals surface area (Å²) in [5.74, 6) is -0.975. The van der Waals surface area contributed by atoms with Gasteiger partial charge in [0.05, 0.1) is 0 Å². The Morgan fingerprint density at radius 1 is 1.12 bits per heavy atom. The Morgan fingerprint density at radius 3 is 2.48 bits per heavy atom. The topological polar surface area (TPSA) is 121 Å². The Labute approximate surface area is 195 Å². The van der Waals surface area contributed by atoms with Gasteiger partial charge < -0.3 is 20.0 Å². The summed E-state index contributed by atoms with van der Waals surface area (Å²) in [6, 6.07) is 9.75. The zero-order valence-electron chi connectivity index (χ0n) is 19.5. The molecule has 1 fully saturated rings. The first-order valence-corrected chi connectivity index (χ1v) is 12.5. The van der Waals surface area contributed by atoms with Crippen molar-refractivity contribution >= 4 is 33.2 Å². The fourth-order valence-corrected chi connectivity index (χ4v) is 4.99. The number of carbonyl (C=O) groups excluding carboxylic acids is 2. The van der Waals surface area contributed by atoms with Crippen molar-refractivity contribution in [1.29, 1.82) is 0 Å². The molecule has 10 heteroatoms. The number of hydrogen-bond donors (Lipinski definition) is 3. The maximum atomic E-state index is 12.5. The van der Waals surface area contributed by atoms with Gasteiger partial charge in [0, 0.05) is 42.5 Å². The molecule has 3 rings (SSSR count). The molecular formula is C23H32N4O5S. The number of sulfonamides is 1. The molecule has 0 spiro atoms. The second-order valence-corrected chi connectivity index (χ2v) is 11.0. The van der Waals surface area contributed by atoms with E-state index in [9.17, 15) is 18.0 Å². The van der Waals surface area contributed by atoms with Crippen molar-refractivity contribution in [3.8, 4) is 0 Å². The van der Waals surface area contributed by atoms with Crippen LogP contribution in [0, 0.1) is 0 Å². The van der Waals surface area contributed by atoms with Crippen LogP contribution in [0.3, 0.4) is 0 Å². The summed E-state index contributed by atoms with van der Waals surface area (Å²) in [6.07, 6.45) is 2.39. The molecule has 0 bridgehead atoms. The fourth-order valence-electron chi connectivity index (χ4n) is 3.63. The quantitative estimate of drug-likeness (QED) is 0.538. The van der Waals surface area contributed by atoms with Gasteiger partial charge in [0.15, 0.2) is 5.76 Å². The number of amides is 2. The summed E-state index contributed by atoms with van der Waals surface area (Å²) >= 11 is 0. The van der Waals surface area contributed by atoms with Crippen LogP contribution in [-0.4, -0.2) is 44.9 Å². The van der Waals surface area contributed by atoms with Gasteiger partial charge in [-0.2, -0.15) is 0 Å². The molecule has 2 amide bonds. The summed E-state index contributed by atoms with van der Waals surface area (Å²) < 4.78 is 32.4. The lowest BCUT2D eigenvalue weighted by Gasteiger charge is -2.19. The maximum Gasteiger partial charge on any atom is 0.287 e. The van der Waals surface area contributed by atoms with Crippen LogP contribution >= 0.6 is 0 Å². The number of carbonyl (C=O) groups is 2. The molecule has 1 aromatic heterocycles. The third kappa shape index (κ3) is 7.06. The molecule has 3 N–H and O–H groups in total. The van der Waals surface area contributed by atoms with Gasteiger partial charge in [0.25, 0.3) is 15.9 Å². The van der Waals surface area contributed by atoms with Crippen LogP contribution in [0.15, 0.2) is 45.9 Å². The van der Waals surface area contributed by atoms with Crippen LogP contribution in [0.1, 0.15) is 57.5 Å². The standard InChI is InChI=1S/C23H32N4O5S/c1-16(14-20(28)25-17-8-7-9-18(15-17)27-12-5-6-13-27)24-22(29)19-10-11-21(32-19)33(30,31)26-23(2,3)4/h7-11,15-16,26H,5-6,12-14H2,1-4H3,(H,24,29)(H,25,28). The Hall–Kier alpha value is -2.85. The van der Waals surface area contributed by atoms with E-state index in [-0.39, 0.29) is 23.2 Å². The number of hydrogen-bond acceptors (Lipinski definition) is 6. The van der Waals surface area contributed by atoms with Crippen molar-refractivity contribution in [2.24, 2.45) is 0 Å². The summed E-state index contributed by atoms with van der Waals surface area (Å²) in [5.41, 5.74) is 1.09. The zero-order chi connectivity index (χ0) is 24.2. The molecule has 33 heavy (non-hydrogen) atoms. The van der Waals surface area contributed by atoms with Crippen LogP contribution in [0.2, 0.25) is 0 Å². The minimum Gasteiger partial charge on any atom is -0.438 e. The van der Waals surface area contributed by atoms with Gasteiger partial charge in [-0.1, -0.05) is 6.07 Å². The Kier molecular flexibility index (Phi) is 7.48. The van der Waals surface area contributed by atoms with Crippen LogP contribution in [-0.2, 0) is 14.8 Å². The molecule has 9 nitrogen and oxygen atoms in total. The van der Waals surface area contributed by atoms with E-state index in [1.165, 1.54) is 25.0 Å². The lowest BCUT2D eigenvalue weighted by molar-refractivity contribution is -0.116. The highest BCUT2D eigenvalue weighted by atomic mass is 32.2. The van der Waals surface area contributed by atoms with Crippen molar-refractivity contribution < 1.29 is 22.4 Å². The second-order valence-electron chi connectivity index (χ2n) is 9.35. The van der Waals surface area contributed by atoms with E-state index in [1.807, 2.05) is 24.3 Å². The smallest absolute Gasteiger partial charge is 0.287 e. The predicted octanol–water partition coefficient (Wildman–Crippen LogP) is 3.10. The molecule has 2 heterocycles. The first-order chi connectivity index (χ1) is 15.4. The van der Waals surface area contributed by atoms with E-state index in [2.05, 4.69) is 20.3 Å². The summed E-state index contributed by atoms with van der Waals surface area (Å²) in [4.78, 5) is 27.2. The van der Waals surface area contributed by atoms with E-state index >= 15 is 0 Å². The van der Waals surface area contributed by atoms with Crippen molar-refractivity contribution in [1.82, 2.24) is 10.0 Å². The molecule has 0 radical (unpaired) electrons. The molecule has 1 aliphatic rings. The maximum absolute atomic E-state index is 12.5.